The van der Waals surface area contributed by atoms with Crippen LogP contribution in [-0.2, 0) is 32.8 Å². The number of hydrogen-bond acceptors (Lipinski definition) is 8. The van der Waals surface area contributed by atoms with Crippen molar-refractivity contribution >= 4 is 41.7 Å². The van der Waals surface area contributed by atoms with Gasteiger partial charge in [0.2, 0.25) is 19.7 Å². The van der Waals surface area contributed by atoms with E-state index in [-0.39, 0.29) is 19.6 Å². The van der Waals surface area contributed by atoms with E-state index in [0.29, 0.717) is 35.2 Å². The quantitative estimate of drug-likeness (QED) is 0.194. The molecular weight excluding hydrogens is 659 g/mol. The van der Waals surface area contributed by atoms with Crippen LogP contribution >= 0.6 is 0 Å². The van der Waals surface area contributed by atoms with Gasteiger partial charge in [-0.3, -0.25) is 0 Å². The molecule has 0 amide bonds. The summed E-state index contributed by atoms with van der Waals surface area (Å²) in [7, 11) is 0.151. The molecule has 0 fully saturated rings. The van der Waals surface area contributed by atoms with Crippen molar-refractivity contribution in [2.45, 2.75) is 32.7 Å². The standard InChI is InChI=1S/2C17H18FN3O2S/c2*1-20(2)9-10-21-12-16(15-7-4-8-19-17(15)21)24(22,23)14-6-3-5-13(18)11-14/h2*3-8,11-12H,9-10H2,1-2H3. The molecule has 2 aromatic carbocycles. The van der Waals surface area contributed by atoms with E-state index in [4.69, 9.17) is 0 Å². The fraction of sp³-hybridized carbons (Fsp3) is 0.235. The van der Waals surface area contributed by atoms with Gasteiger partial charge in [0.1, 0.15) is 22.9 Å². The largest absolute Gasteiger partial charge is 0.330 e. The van der Waals surface area contributed by atoms with E-state index in [0.717, 1.165) is 25.2 Å². The number of benzene rings is 2. The zero-order chi connectivity index (χ0) is 34.6. The Balaban J connectivity index is 0.000000188. The van der Waals surface area contributed by atoms with Crippen molar-refractivity contribution in [2.75, 3.05) is 41.3 Å². The minimum absolute atomic E-state index is 0.0574. The highest BCUT2D eigenvalue weighted by molar-refractivity contribution is 7.92. The summed E-state index contributed by atoms with van der Waals surface area (Å²) in [6, 6.07) is 17.0. The lowest BCUT2D eigenvalue weighted by atomic mass is 10.3. The first kappa shape index (κ1) is 34.8. The van der Waals surface area contributed by atoms with E-state index < -0.39 is 31.3 Å². The summed E-state index contributed by atoms with van der Waals surface area (Å²) in [5.41, 5.74) is 1.21. The summed E-state index contributed by atoms with van der Waals surface area (Å²) in [4.78, 5) is 12.8. The van der Waals surface area contributed by atoms with Crippen molar-refractivity contribution in [3.05, 3.63) is 109 Å². The first-order valence-electron chi connectivity index (χ1n) is 15.0. The molecule has 10 nitrogen and oxygen atoms in total. The normalized spacial score (nSPS) is 12.2. The average molecular weight is 695 g/mol. The van der Waals surface area contributed by atoms with Crippen LogP contribution < -0.4 is 0 Å². The Kier molecular flexibility index (Phi) is 10.4. The predicted molar refractivity (Wildman–Crippen MR) is 180 cm³/mol. The van der Waals surface area contributed by atoms with Crippen LogP contribution in [0.3, 0.4) is 0 Å². The second-order valence-electron chi connectivity index (χ2n) is 11.7. The monoisotopic (exact) mass is 694 g/mol. The van der Waals surface area contributed by atoms with Gasteiger partial charge in [0.05, 0.1) is 19.6 Å². The van der Waals surface area contributed by atoms with Crippen LogP contribution in [-0.4, -0.2) is 87.0 Å². The summed E-state index contributed by atoms with van der Waals surface area (Å²) in [6.45, 7) is 2.72. The Labute approximate surface area is 278 Å². The van der Waals surface area contributed by atoms with Gasteiger partial charge in [-0.2, -0.15) is 0 Å². The molecule has 0 radical (unpaired) electrons. The highest BCUT2D eigenvalue weighted by Crippen LogP contribution is 2.31. The molecule has 0 unspecified atom stereocenters. The third-order valence-electron chi connectivity index (χ3n) is 7.56. The van der Waals surface area contributed by atoms with Gasteiger partial charge in [0, 0.05) is 61.7 Å². The number of fused-ring (bicyclic) bond motifs is 2. The Hall–Kier alpha value is -4.50. The van der Waals surface area contributed by atoms with Crippen LogP contribution in [0, 0.1) is 11.6 Å². The van der Waals surface area contributed by atoms with E-state index in [1.54, 1.807) is 49.1 Å². The highest BCUT2D eigenvalue weighted by atomic mass is 32.2. The summed E-state index contributed by atoms with van der Waals surface area (Å²) in [5, 5.41) is 1.08. The van der Waals surface area contributed by atoms with Crippen LogP contribution in [0.15, 0.2) is 117 Å². The lowest BCUT2D eigenvalue weighted by Gasteiger charge is -2.10. The van der Waals surface area contributed by atoms with Gasteiger partial charge in [0.15, 0.2) is 0 Å². The number of aromatic nitrogens is 4. The Morgan fingerprint density at radius 3 is 1.35 bits per heavy atom. The zero-order valence-corrected chi connectivity index (χ0v) is 28.6. The number of sulfone groups is 2. The van der Waals surface area contributed by atoms with Gasteiger partial charge in [-0.1, -0.05) is 12.1 Å². The van der Waals surface area contributed by atoms with Crippen LogP contribution in [0.25, 0.3) is 22.1 Å². The number of pyridine rings is 2. The molecule has 252 valence electrons. The lowest BCUT2D eigenvalue weighted by Crippen LogP contribution is -2.18. The minimum Gasteiger partial charge on any atom is -0.330 e. The number of nitrogens with zero attached hydrogens (tertiary/aromatic N) is 6. The molecule has 4 aromatic heterocycles. The zero-order valence-electron chi connectivity index (χ0n) is 27.0. The van der Waals surface area contributed by atoms with E-state index in [1.165, 1.54) is 36.4 Å². The summed E-state index contributed by atoms with van der Waals surface area (Å²) in [6.07, 6.45) is 6.43. The molecule has 0 aliphatic heterocycles. The molecule has 6 aromatic rings. The first-order chi connectivity index (χ1) is 22.8. The van der Waals surface area contributed by atoms with Crippen molar-refractivity contribution in [1.29, 1.82) is 0 Å². The second-order valence-corrected chi connectivity index (χ2v) is 15.5. The number of rotatable bonds is 10. The SMILES string of the molecule is CN(C)CCn1cc(S(=O)(=O)c2cccc(F)c2)c2cccnc21.CN(C)CCn1cc(S(=O)(=O)c2cccc(F)c2)c2cccnc21. The van der Waals surface area contributed by atoms with Gasteiger partial charge in [-0.05, 0) is 88.9 Å². The van der Waals surface area contributed by atoms with Gasteiger partial charge in [0.25, 0.3) is 0 Å². The topological polar surface area (TPSA) is 110 Å². The second kappa shape index (κ2) is 14.3. The van der Waals surface area contributed by atoms with E-state index >= 15 is 0 Å². The molecule has 0 saturated heterocycles. The lowest BCUT2D eigenvalue weighted by molar-refractivity contribution is 0.386. The van der Waals surface area contributed by atoms with E-state index in [1.807, 2.05) is 47.1 Å². The van der Waals surface area contributed by atoms with Crippen molar-refractivity contribution in [3.8, 4) is 0 Å². The molecule has 0 spiro atoms. The molecule has 0 saturated carbocycles. The fourth-order valence-electron chi connectivity index (χ4n) is 5.09. The maximum Gasteiger partial charge on any atom is 0.208 e. The van der Waals surface area contributed by atoms with Crippen molar-refractivity contribution < 1.29 is 25.6 Å². The Bertz CT molecular complexity index is 2120. The molecule has 0 aliphatic rings. The Morgan fingerprint density at radius 2 is 1.00 bits per heavy atom. The van der Waals surface area contributed by atoms with Gasteiger partial charge < -0.3 is 18.9 Å². The van der Waals surface area contributed by atoms with Gasteiger partial charge in [-0.25, -0.2) is 35.6 Å². The van der Waals surface area contributed by atoms with Gasteiger partial charge in [-0.15, -0.1) is 0 Å². The number of likely N-dealkylation sites (N-methyl/N-ethyl adjacent to an activating group) is 2. The fourth-order valence-corrected chi connectivity index (χ4v) is 8.08. The molecule has 14 heteroatoms. The predicted octanol–water partition coefficient (Wildman–Crippen LogP) is 5.14. The summed E-state index contributed by atoms with van der Waals surface area (Å²) >= 11 is 0. The smallest absolute Gasteiger partial charge is 0.208 e. The third kappa shape index (κ3) is 7.46. The molecule has 0 N–H and O–H groups in total. The molecule has 48 heavy (non-hydrogen) atoms. The van der Waals surface area contributed by atoms with Crippen molar-refractivity contribution in [1.82, 2.24) is 28.9 Å². The minimum atomic E-state index is -3.82. The molecular formula is C34H36F2N6O4S2. The number of hydrogen-bond donors (Lipinski definition) is 0. The molecule has 0 aliphatic carbocycles. The Morgan fingerprint density at radius 1 is 0.604 bits per heavy atom. The number of halogens is 2. The van der Waals surface area contributed by atoms with Crippen LogP contribution in [0.5, 0.6) is 0 Å². The van der Waals surface area contributed by atoms with Crippen LogP contribution in [0.1, 0.15) is 0 Å². The van der Waals surface area contributed by atoms with Crippen LogP contribution in [0.4, 0.5) is 8.78 Å². The molecule has 0 atom stereocenters. The maximum absolute atomic E-state index is 13.5. The van der Waals surface area contributed by atoms with Crippen LogP contribution in [0.2, 0.25) is 0 Å². The molecule has 0 bridgehead atoms. The van der Waals surface area contributed by atoms with Crippen molar-refractivity contribution in [3.63, 3.8) is 0 Å². The summed E-state index contributed by atoms with van der Waals surface area (Å²) in [5.74, 6) is -1.16. The van der Waals surface area contributed by atoms with Gasteiger partial charge >= 0.3 is 0 Å². The highest BCUT2D eigenvalue weighted by Gasteiger charge is 2.25. The maximum atomic E-state index is 13.5. The van der Waals surface area contributed by atoms with E-state index in [9.17, 15) is 25.6 Å². The van der Waals surface area contributed by atoms with Crippen molar-refractivity contribution in [2.24, 2.45) is 0 Å². The van der Waals surface area contributed by atoms with E-state index in [2.05, 4.69) is 9.97 Å². The average Bonchev–Trinajstić information content (AvgIpc) is 3.63. The molecule has 4 heterocycles. The molecule has 6 rings (SSSR count). The first-order valence-corrected chi connectivity index (χ1v) is 17.9. The summed E-state index contributed by atoms with van der Waals surface area (Å²) < 4.78 is 82.3. The third-order valence-corrected chi connectivity index (χ3v) is 11.1.